The van der Waals surface area contributed by atoms with E-state index in [0.29, 0.717) is 18.4 Å². The van der Waals surface area contributed by atoms with E-state index < -0.39 is 0 Å². The minimum Gasteiger partial charge on any atom is -0.310 e. The van der Waals surface area contributed by atoms with Crippen molar-refractivity contribution in [2.45, 2.75) is 25.8 Å². The molecule has 0 atom stereocenters. The highest BCUT2D eigenvalue weighted by Gasteiger charge is 2.28. The van der Waals surface area contributed by atoms with E-state index in [2.05, 4.69) is 44.7 Å². The van der Waals surface area contributed by atoms with E-state index in [1.807, 2.05) is 12.1 Å². The van der Waals surface area contributed by atoms with Crippen molar-refractivity contribution in [2.75, 3.05) is 18.4 Å². The summed E-state index contributed by atoms with van der Waals surface area (Å²) in [4.78, 5) is 18.2. The van der Waals surface area contributed by atoms with Crippen LogP contribution in [-0.4, -0.2) is 34.9 Å². The highest BCUT2D eigenvalue weighted by atomic mass is 127. The van der Waals surface area contributed by atoms with Crippen molar-refractivity contribution in [2.24, 2.45) is 0 Å². The molecule has 17 heavy (non-hydrogen) atoms. The Morgan fingerprint density at radius 3 is 2.88 bits per heavy atom. The summed E-state index contributed by atoms with van der Waals surface area (Å²) in [5.74, 6) is 0.648. The van der Waals surface area contributed by atoms with E-state index in [1.165, 1.54) is 12.8 Å². The van der Waals surface area contributed by atoms with Gasteiger partial charge in [0.2, 0.25) is 5.91 Å². The quantitative estimate of drug-likeness (QED) is 0.832. The van der Waals surface area contributed by atoms with Gasteiger partial charge in [0.05, 0.1) is 6.54 Å². The molecule has 0 spiro atoms. The lowest BCUT2D eigenvalue weighted by Gasteiger charge is -2.18. The zero-order valence-corrected chi connectivity index (χ0v) is 12.0. The standard InChI is InChI=1S/C12H16IN3O/c1-2-16(10-4-5-10)8-12(17)15-11-6-3-9(13)7-14-11/h3,6-7,10H,2,4-5,8H2,1H3,(H,14,15,17). The normalized spacial score (nSPS) is 15.0. The Hall–Kier alpha value is -0.690. The van der Waals surface area contributed by atoms with Gasteiger partial charge < -0.3 is 5.32 Å². The SMILES string of the molecule is CCN(CC(=O)Nc1ccc(I)cn1)C1CC1. The van der Waals surface area contributed by atoms with E-state index >= 15 is 0 Å². The second-order valence-electron chi connectivity index (χ2n) is 4.20. The number of likely N-dealkylation sites (N-methyl/N-ethyl adjacent to an activating group) is 1. The largest absolute Gasteiger partial charge is 0.310 e. The highest BCUT2D eigenvalue weighted by Crippen LogP contribution is 2.26. The van der Waals surface area contributed by atoms with Gasteiger partial charge in [-0.3, -0.25) is 9.69 Å². The van der Waals surface area contributed by atoms with Crippen molar-refractivity contribution in [1.82, 2.24) is 9.88 Å². The molecule has 5 heteroatoms. The highest BCUT2D eigenvalue weighted by molar-refractivity contribution is 14.1. The summed E-state index contributed by atoms with van der Waals surface area (Å²) in [6, 6.07) is 4.38. The third-order valence-electron chi connectivity index (χ3n) is 2.81. The summed E-state index contributed by atoms with van der Waals surface area (Å²) >= 11 is 2.19. The number of halogens is 1. The molecule has 1 heterocycles. The van der Waals surface area contributed by atoms with Crippen LogP contribution in [0.15, 0.2) is 18.3 Å². The molecule has 0 saturated heterocycles. The van der Waals surface area contributed by atoms with Crippen LogP contribution >= 0.6 is 22.6 Å². The Bertz CT molecular complexity index is 389. The number of anilines is 1. The minimum absolute atomic E-state index is 0.0208. The van der Waals surface area contributed by atoms with E-state index in [4.69, 9.17) is 0 Å². The Balaban J connectivity index is 1.85. The predicted molar refractivity (Wildman–Crippen MR) is 75.9 cm³/mol. The van der Waals surface area contributed by atoms with Gasteiger partial charge >= 0.3 is 0 Å². The first kappa shape index (κ1) is 12.8. The lowest BCUT2D eigenvalue weighted by molar-refractivity contribution is -0.117. The minimum atomic E-state index is 0.0208. The molecule has 1 amide bonds. The first-order valence-corrected chi connectivity index (χ1v) is 6.92. The van der Waals surface area contributed by atoms with Crippen molar-refractivity contribution >= 4 is 34.3 Å². The number of rotatable bonds is 5. The summed E-state index contributed by atoms with van der Waals surface area (Å²) in [6.07, 6.45) is 4.19. The summed E-state index contributed by atoms with van der Waals surface area (Å²) in [6.45, 7) is 3.49. The van der Waals surface area contributed by atoms with Crippen LogP contribution in [0.4, 0.5) is 5.82 Å². The molecule has 0 aromatic carbocycles. The van der Waals surface area contributed by atoms with E-state index in [1.54, 1.807) is 6.20 Å². The Morgan fingerprint density at radius 1 is 1.59 bits per heavy atom. The molecular formula is C12H16IN3O. The average Bonchev–Trinajstić information content (AvgIpc) is 3.13. The van der Waals surface area contributed by atoms with Crippen molar-refractivity contribution in [3.8, 4) is 0 Å². The number of carbonyl (C=O) groups is 1. The molecule has 1 aliphatic carbocycles. The van der Waals surface area contributed by atoms with Gasteiger partial charge in [0, 0.05) is 15.8 Å². The molecule has 92 valence electrons. The van der Waals surface area contributed by atoms with E-state index in [-0.39, 0.29) is 5.91 Å². The molecule has 1 aromatic rings. The molecule has 1 aromatic heterocycles. The van der Waals surface area contributed by atoms with Crippen LogP contribution < -0.4 is 5.32 Å². The third-order valence-corrected chi connectivity index (χ3v) is 3.45. The fourth-order valence-electron chi connectivity index (χ4n) is 1.76. The van der Waals surface area contributed by atoms with Crippen LogP contribution in [0.1, 0.15) is 19.8 Å². The first-order chi connectivity index (χ1) is 8.19. The Kier molecular flexibility index (Phi) is 4.33. The number of nitrogens with one attached hydrogen (secondary N) is 1. The number of hydrogen-bond donors (Lipinski definition) is 1. The monoisotopic (exact) mass is 345 g/mol. The lowest BCUT2D eigenvalue weighted by atomic mass is 10.4. The number of nitrogens with zero attached hydrogens (tertiary/aromatic N) is 2. The van der Waals surface area contributed by atoms with Crippen LogP contribution in [0.25, 0.3) is 0 Å². The predicted octanol–water partition coefficient (Wildman–Crippen LogP) is 2.11. The second-order valence-corrected chi connectivity index (χ2v) is 5.45. The second kappa shape index (κ2) is 5.77. The number of carbonyl (C=O) groups excluding carboxylic acids is 1. The van der Waals surface area contributed by atoms with Gasteiger partial charge in [-0.2, -0.15) is 0 Å². The van der Waals surface area contributed by atoms with Crippen molar-refractivity contribution < 1.29 is 4.79 Å². The smallest absolute Gasteiger partial charge is 0.239 e. The maximum absolute atomic E-state index is 11.8. The molecule has 0 bridgehead atoms. The molecule has 1 N–H and O–H groups in total. The maximum Gasteiger partial charge on any atom is 0.239 e. The summed E-state index contributed by atoms with van der Waals surface area (Å²) in [5, 5.41) is 2.82. The van der Waals surface area contributed by atoms with Crippen LogP contribution in [-0.2, 0) is 4.79 Å². The summed E-state index contributed by atoms with van der Waals surface area (Å²) < 4.78 is 1.06. The van der Waals surface area contributed by atoms with E-state index in [0.717, 1.165) is 10.1 Å². The summed E-state index contributed by atoms with van der Waals surface area (Å²) in [5.41, 5.74) is 0. The number of aromatic nitrogens is 1. The van der Waals surface area contributed by atoms with Gasteiger partial charge in [-0.25, -0.2) is 4.98 Å². The molecule has 4 nitrogen and oxygen atoms in total. The molecule has 0 radical (unpaired) electrons. The van der Waals surface area contributed by atoms with Crippen LogP contribution in [0.3, 0.4) is 0 Å². The van der Waals surface area contributed by atoms with Crippen molar-refractivity contribution in [3.63, 3.8) is 0 Å². The van der Waals surface area contributed by atoms with Gasteiger partial charge in [0.1, 0.15) is 5.82 Å². The van der Waals surface area contributed by atoms with Gasteiger partial charge in [0.25, 0.3) is 0 Å². The van der Waals surface area contributed by atoms with Crippen molar-refractivity contribution in [1.29, 1.82) is 0 Å². The zero-order valence-electron chi connectivity index (χ0n) is 9.82. The molecule has 0 aliphatic heterocycles. The van der Waals surface area contributed by atoms with Crippen molar-refractivity contribution in [3.05, 3.63) is 21.9 Å². The molecule has 1 saturated carbocycles. The fourth-order valence-corrected chi connectivity index (χ4v) is 2.07. The van der Waals surface area contributed by atoms with Crippen LogP contribution in [0.5, 0.6) is 0 Å². The summed E-state index contributed by atoms with van der Waals surface area (Å²) in [7, 11) is 0. The van der Waals surface area contributed by atoms with Crippen LogP contribution in [0.2, 0.25) is 0 Å². The Labute approximate surface area is 115 Å². The number of pyridine rings is 1. The molecule has 0 unspecified atom stereocenters. The molecular weight excluding hydrogens is 329 g/mol. The van der Waals surface area contributed by atoms with Crippen LogP contribution in [0, 0.1) is 3.57 Å². The Morgan fingerprint density at radius 2 is 2.35 bits per heavy atom. The topological polar surface area (TPSA) is 45.2 Å². The number of amides is 1. The fraction of sp³-hybridized carbons (Fsp3) is 0.500. The lowest BCUT2D eigenvalue weighted by Crippen LogP contribution is -2.34. The molecule has 2 rings (SSSR count). The zero-order chi connectivity index (χ0) is 12.3. The average molecular weight is 345 g/mol. The van der Waals surface area contributed by atoms with Gasteiger partial charge in [-0.05, 0) is 54.1 Å². The maximum atomic E-state index is 11.8. The van der Waals surface area contributed by atoms with Gasteiger partial charge in [0.15, 0.2) is 0 Å². The van der Waals surface area contributed by atoms with E-state index in [9.17, 15) is 4.79 Å². The molecule has 1 aliphatic rings. The first-order valence-electron chi connectivity index (χ1n) is 5.84. The van der Waals surface area contributed by atoms with Gasteiger partial charge in [-0.15, -0.1) is 0 Å². The number of hydrogen-bond acceptors (Lipinski definition) is 3. The molecule has 1 fully saturated rings. The third kappa shape index (κ3) is 3.92. The van der Waals surface area contributed by atoms with Gasteiger partial charge in [-0.1, -0.05) is 6.92 Å².